The molecule has 15 heteroatoms. The molecule has 0 radical (unpaired) electrons. The summed E-state index contributed by atoms with van der Waals surface area (Å²) in [7, 11) is 3.08. The Bertz CT molecular complexity index is 1570. The molecule has 3 atom stereocenters. The molecule has 11 nitrogen and oxygen atoms in total. The van der Waals surface area contributed by atoms with Crippen LogP contribution >= 0.6 is 24.0 Å². The van der Waals surface area contributed by atoms with E-state index in [1.807, 2.05) is 20.8 Å². The summed E-state index contributed by atoms with van der Waals surface area (Å²) < 4.78 is 33.7. The minimum Gasteiger partial charge on any atom is -0.494 e. The van der Waals surface area contributed by atoms with Crippen LogP contribution in [-0.4, -0.2) is 71.4 Å². The number of likely N-dealkylation sites (tertiary alicyclic amines) is 1. The summed E-state index contributed by atoms with van der Waals surface area (Å²) in [4.78, 5) is 49.5. The Morgan fingerprint density at radius 2 is 1.84 bits per heavy atom. The van der Waals surface area contributed by atoms with Crippen molar-refractivity contribution in [3.63, 3.8) is 0 Å². The molecular formula is C29H35Cl2F2N7O4. The number of anilines is 3. The van der Waals surface area contributed by atoms with Gasteiger partial charge in [-0.2, -0.15) is 0 Å². The first-order valence-electron chi connectivity index (χ1n) is 13.6. The lowest BCUT2D eigenvalue weighted by molar-refractivity contribution is -0.150. The predicted molar refractivity (Wildman–Crippen MR) is 167 cm³/mol. The van der Waals surface area contributed by atoms with Crippen molar-refractivity contribution >= 4 is 69.8 Å². The molecule has 1 aromatic heterocycles. The fourth-order valence-corrected chi connectivity index (χ4v) is 4.72. The smallest absolute Gasteiger partial charge is 0.247 e. The summed E-state index contributed by atoms with van der Waals surface area (Å²) in [6.45, 7) is 7.56. The fraction of sp³-hybridized carbons (Fsp3) is 0.414. The van der Waals surface area contributed by atoms with Gasteiger partial charge in [-0.3, -0.25) is 14.4 Å². The van der Waals surface area contributed by atoms with Crippen LogP contribution in [0.25, 0.3) is 10.9 Å². The maximum absolute atomic E-state index is 14.6. The molecule has 0 spiro atoms. The monoisotopic (exact) mass is 653 g/mol. The summed E-state index contributed by atoms with van der Waals surface area (Å²) in [6, 6.07) is 3.20. The van der Waals surface area contributed by atoms with Crippen molar-refractivity contribution in [1.29, 1.82) is 0 Å². The molecule has 1 saturated heterocycles. The van der Waals surface area contributed by atoms with Crippen LogP contribution in [0.3, 0.4) is 0 Å². The van der Waals surface area contributed by atoms with Crippen LogP contribution in [0.2, 0.25) is 5.02 Å². The molecule has 1 unspecified atom stereocenters. The number of carbonyl (C=O) groups excluding carboxylic acids is 3. The lowest BCUT2D eigenvalue weighted by atomic mass is 9.84. The van der Waals surface area contributed by atoms with Gasteiger partial charge in [0.25, 0.3) is 0 Å². The van der Waals surface area contributed by atoms with E-state index in [1.165, 1.54) is 24.4 Å². The van der Waals surface area contributed by atoms with E-state index in [1.54, 1.807) is 26.1 Å². The zero-order valence-electron chi connectivity index (χ0n) is 25.0. The zero-order chi connectivity index (χ0) is 31.6. The summed E-state index contributed by atoms with van der Waals surface area (Å²) >= 11 is 5.72. The van der Waals surface area contributed by atoms with Gasteiger partial charge >= 0.3 is 0 Å². The van der Waals surface area contributed by atoms with Gasteiger partial charge < -0.3 is 30.9 Å². The minimum absolute atomic E-state index is 0. The second kappa shape index (κ2) is 13.9. The lowest BCUT2D eigenvalue weighted by Gasteiger charge is -2.44. The van der Waals surface area contributed by atoms with Crippen molar-refractivity contribution in [3.05, 3.63) is 47.2 Å². The number of methoxy groups -OCH3 is 1. The van der Waals surface area contributed by atoms with Gasteiger partial charge in [0.15, 0.2) is 5.82 Å². The summed E-state index contributed by atoms with van der Waals surface area (Å²) in [6.07, 6.45) is 1.68. The van der Waals surface area contributed by atoms with E-state index >= 15 is 0 Å². The highest BCUT2D eigenvalue weighted by molar-refractivity contribution is 6.31. The number of aromatic nitrogens is 2. The Balaban J connectivity index is 0.00000529. The van der Waals surface area contributed by atoms with Gasteiger partial charge in [0.05, 0.1) is 30.0 Å². The number of benzene rings is 2. The van der Waals surface area contributed by atoms with Gasteiger partial charge in [-0.15, -0.1) is 12.4 Å². The normalized spacial score (nSPS) is 15.8. The van der Waals surface area contributed by atoms with Crippen LogP contribution in [0.4, 0.5) is 26.0 Å². The third-order valence-corrected chi connectivity index (χ3v) is 7.68. The van der Waals surface area contributed by atoms with Crippen LogP contribution in [0, 0.1) is 17.0 Å². The van der Waals surface area contributed by atoms with Crippen LogP contribution in [0.5, 0.6) is 5.75 Å². The Kier molecular flexibility index (Phi) is 10.9. The number of amides is 3. The van der Waals surface area contributed by atoms with Crippen molar-refractivity contribution in [2.24, 2.45) is 5.41 Å². The largest absolute Gasteiger partial charge is 0.494 e. The average Bonchev–Trinajstić information content (AvgIpc) is 2.94. The van der Waals surface area contributed by atoms with E-state index in [4.69, 9.17) is 16.3 Å². The minimum atomic E-state index is -0.990. The molecule has 4 N–H and O–H groups in total. The van der Waals surface area contributed by atoms with Crippen LogP contribution in [0.1, 0.15) is 34.1 Å². The number of hydrogen-bond donors (Lipinski definition) is 4. The van der Waals surface area contributed by atoms with E-state index in [9.17, 15) is 23.2 Å². The molecule has 2 aromatic carbocycles. The number of hydrogen-bond acceptors (Lipinski definition) is 8. The van der Waals surface area contributed by atoms with Gasteiger partial charge in [-0.05, 0) is 44.0 Å². The Hall–Kier alpha value is -3.81. The number of likely N-dealkylation sites (N-methyl/N-ethyl adjacent to an activating group) is 1. The quantitative estimate of drug-likeness (QED) is 0.249. The van der Waals surface area contributed by atoms with Crippen molar-refractivity contribution in [2.75, 3.05) is 31.3 Å². The first kappa shape index (κ1) is 34.7. The summed E-state index contributed by atoms with van der Waals surface area (Å²) in [5.74, 6) is -2.57. The molecule has 3 amide bonds. The number of nitrogens with one attached hydrogen (secondary N) is 4. The Labute approximate surface area is 264 Å². The van der Waals surface area contributed by atoms with Crippen LogP contribution < -0.4 is 26.0 Å². The molecule has 1 fully saturated rings. The zero-order valence-corrected chi connectivity index (χ0v) is 26.6. The molecule has 238 valence electrons. The molecule has 4 rings (SSSR count). The number of nitrogens with zero attached hydrogens (tertiary/aromatic N) is 3. The summed E-state index contributed by atoms with van der Waals surface area (Å²) in [5, 5.41) is 11.0. The van der Waals surface area contributed by atoms with E-state index in [0.29, 0.717) is 29.6 Å². The maximum Gasteiger partial charge on any atom is 0.247 e. The molecule has 0 saturated carbocycles. The Morgan fingerprint density at radius 3 is 2.43 bits per heavy atom. The van der Waals surface area contributed by atoms with E-state index < -0.39 is 46.1 Å². The molecule has 0 aliphatic carbocycles. The number of ether oxygens (including phenoxy) is 1. The third-order valence-electron chi connectivity index (χ3n) is 7.33. The second-order valence-electron chi connectivity index (χ2n) is 11.3. The SMILES string of the molecule is CN[C@@H](C)C(=O)N[C@H](C(=O)N1CCC1C(=O)Nc1cc2c(Nc3ccc(F)c(Cl)c3F)ncnc2cc1OC)C(C)(C)C.Cl. The van der Waals surface area contributed by atoms with E-state index in [0.717, 1.165) is 6.07 Å². The van der Waals surface area contributed by atoms with E-state index in [-0.39, 0.29) is 41.4 Å². The molecule has 0 bridgehead atoms. The number of rotatable bonds is 9. The standard InChI is InChI=1S/C29H34ClF2N7O4.ClH/c1-14(33-5)26(40)38-24(29(2,3)4)28(42)39-10-9-20(39)27(41)37-19-11-15-18(12-21(19)43-6)34-13-35-25(15)36-17-8-7-16(31)22(30)23(17)32;/h7-8,11-14,20,24,33H,9-10H2,1-6H3,(H,37,41)(H,38,40)(H,34,35,36);1H/t14-,20?,24+;/m0./s1. The van der Waals surface area contributed by atoms with Crippen LogP contribution in [0.15, 0.2) is 30.6 Å². The molecule has 3 aromatic rings. The predicted octanol–water partition coefficient (Wildman–Crippen LogP) is 4.41. The van der Waals surface area contributed by atoms with Crippen LogP contribution in [-0.2, 0) is 14.4 Å². The van der Waals surface area contributed by atoms with Gasteiger partial charge in [-0.1, -0.05) is 32.4 Å². The van der Waals surface area contributed by atoms with Gasteiger partial charge in [0.1, 0.15) is 40.8 Å². The van der Waals surface area contributed by atoms with Crippen molar-refractivity contribution in [1.82, 2.24) is 25.5 Å². The maximum atomic E-state index is 14.6. The summed E-state index contributed by atoms with van der Waals surface area (Å²) in [5.41, 5.74) is -0.0454. The molecule has 1 aliphatic heterocycles. The fourth-order valence-electron chi connectivity index (χ4n) is 4.55. The highest BCUT2D eigenvalue weighted by atomic mass is 35.5. The molecule has 2 heterocycles. The number of fused-ring (bicyclic) bond motifs is 1. The lowest BCUT2D eigenvalue weighted by Crippen LogP contribution is -2.64. The highest BCUT2D eigenvalue weighted by Gasteiger charge is 2.44. The molecule has 1 aliphatic rings. The second-order valence-corrected chi connectivity index (χ2v) is 11.7. The molecular weight excluding hydrogens is 619 g/mol. The van der Waals surface area contributed by atoms with Gasteiger partial charge in [-0.25, -0.2) is 18.7 Å². The highest BCUT2D eigenvalue weighted by Crippen LogP contribution is 2.35. The number of carbonyl (C=O) groups is 3. The average molecular weight is 655 g/mol. The molecule has 44 heavy (non-hydrogen) atoms. The first-order chi connectivity index (χ1) is 20.3. The third kappa shape index (κ3) is 7.11. The van der Waals surface area contributed by atoms with Gasteiger partial charge in [0.2, 0.25) is 17.7 Å². The van der Waals surface area contributed by atoms with Crippen molar-refractivity contribution in [3.8, 4) is 5.75 Å². The first-order valence-corrected chi connectivity index (χ1v) is 14.0. The van der Waals surface area contributed by atoms with Crippen molar-refractivity contribution in [2.45, 2.75) is 52.2 Å². The topological polar surface area (TPSA) is 138 Å². The van der Waals surface area contributed by atoms with E-state index in [2.05, 4.69) is 31.2 Å². The van der Waals surface area contributed by atoms with Crippen molar-refractivity contribution < 1.29 is 27.9 Å². The number of halogens is 4. The van der Waals surface area contributed by atoms with Gasteiger partial charge in [0, 0.05) is 18.0 Å². The Morgan fingerprint density at radius 1 is 1.14 bits per heavy atom.